The molecule has 1 saturated heterocycles. The van der Waals surface area contributed by atoms with Gasteiger partial charge in [0.05, 0.1) is 34.1 Å². The molecule has 34 heavy (non-hydrogen) atoms. The maximum atomic E-state index is 13.2. The van der Waals surface area contributed by atoms with Crippen molar-refractivity contribution in [2.45, 2.75) is 64.8 Å². The third-order valence-corrected chi connectivity index (χ3v) is 7.58. The van der Waals surface area contributed by atoms with Gasteiger partial charge < -0.3 is 20.1 Å². The summed E-state index contributed by atoms with van der Waals surface area (Å²) in [5, 5.41) is 27.5. The Kier molecular flexibility index (Phi) is 7.35. The number of thiazole rings is 1. The van der Waals surface area contributed by atoms with E-state index in [1.54, 1.807) is 11.3 Å². The fourth-order valence-corrected chi connectivity index (χ4v) is 5.56. The number of likely N-dealkylation sites (tertiary alicyclic amines) is 1. The number of nitrogens with zero attached hydrogens (tertiary/aromatic N) is 3. The average Bonchev–Trinajstić information content (AvgIpc) is 3.55. The fourth-order valence-electron chi connectivity index (χ4n) is 4.74. The number of aliphatic hydroxyl groups is 1. The summed E-state index contributed by atoms with van der Waals surface area (Å²) in [7, 11) is 0. The highest BCUT2D eigenvalue weighted by molar-refractivity contribution is 7.13. The van der Waals surface area contributed by atoms with Crippen LogP contribution in [0.1, 0.15) is 62.6 Å². The van der Waals surface area contributed by atoms with Crippen molar-refractivity contribution in [1.82, 2.24) is 20.4 Å². The number of nitrogens with one attached hydrogen (secondary N) is 1. The van der Waals surface area contributed by atoms with E-state index in [2.05, 4.69) is 27.6 Å². The number of aromatic hydroxyl groups is 1. The van der Waals surface area contributed by atoms with Crippen LogP contribution in [-0.4, -0.2) is 50.0 Å². The predicted molar refractivity (Wildman–Crippen MR) is 130 cm³/mol. The van der Waals surface area contributed by atoms with E-state index in [1.807, 2.05) is 50.2 Å². The van der Waals surface area contributed by atoms with Crippen molar-refractivity contribution in [3.63, 3.8) is 0 Å². The third kappa shape index (κ3) is 5.01. The summed E-state index contributed by atoms with van der Waals surface area (Å²) in [4.78, 5) is 20.5. The molecule has 0 saturated carbocycles. The molecule has 182 valence electrons. The van der Waals surface area contributed by atoms with Crippen LogP contribution in [0.4, 0.5) is 0 Å². The molecule has 2 aromatic heterocycles. The highest BCUT2D eigenvalue weighted by atomic mass is 32.1. The van der Waals surface area contributed by atoms with Gasteiger partial charge in [-0.1, -0.05) is 38.1 Å². The minimum absolute atomic E-state index is 0.0197. The lowest BCUT2D eigenvalue weighted by molar-refractivity contribution is -0.131. The molecule has 2 unspecified atom stereocenters. The number of carbonyl (C=O) groups is 1. The number of aryl methyl sites for hydroxylation is 1. The van der Waals surface area contributed by atoms with Crippen LogP contribution in [0.2, 0.25) is 0 Å². The number of amides is 1. The standard InChI is InChI=1S/C25H32N4O4S/c1-14(2)22(20-12-21(30)28-33-20)25(32)29-11-5-6-19(29)24(31)27-15(3)17-7-9-18(10-8-17)23-16(4)26-13-34-23/h7-10,12-15,19,22,25,32H,5-6,11H2,1-4H3,(H,27,31)(H,28,30)/t15-,19-,22?,25?/m0/s1. The second-order valence-electron chi connectivity index (χ2n) is 9.29. The zero-order valence-electron chi connectivity index (χ0n) is 19.9. The molecular formula is C25H32N4O4S. The Morgan fingerprint density at radius 3 is 2.59 bits per heavy atom. The molecule has 8 nitrogen and oxygen atoms in total. The molecule has 0 aliphatic carbocycles. The smallest absolute Gasteiger partial charge is 0.251 e. The normalized spacial score (nSPS) is 19.3. The number of hydrogen-bond acceptors (Lipinski definition) is 8. The van der Waals surface area contributed by atoms with E-state index in [0.29, 0.717) is 18.7 Å². The zero-order valence-corrected chi connectivity index (χ0v) is 20.7. The second-order valence-corrected chi connectivity index (χ2v) is 10.1. The van der Waals surface area contributed by atoms with Crippen molar-refractivity contribution in [2.24, 2.45) is 5.92 Å². The van der Waals surface area contributed by atoms with Gasteiger partial charge in [0.15, 0.2) is 0 Å². The Morgan fingerprint density at radius 2 is 2.00 bits per heavy atom. The van der Waals surface area contributed by atoms with Gasteiger partial charge in [-0.2, -0.15) is 0 Å². The molecule has 1 aromatic carbocycles. The van der Waals surface area contributed by atoms with E-state index in [-0.39, 0.29) is 23.7 Å². The van der Waals surface area contributed by atoms with Crippen molar-refractivity contribution in [3.8, 4) is 16.3 Å². The summed E-state index contributed by atoms with van der Waals surface area (Å²) in [6, 6.07) is 9.01. The number of aromatic nitrogens is 2. The van der Waals surface area contributed by atoms with Crippen LogP contribution in [0.15, 0.2) is 40.4 Å². The Balaban J connectivity index is 1.44. The van der Waals surface area contributed by atoms with Gasteiger partial charge in [-0.15, -0.1) is 11.3 Å². The quantitative estimate of drug-likeness (QED) is 0.439. The van der Waals surface area contributed by atoms with Gasteiger partial charge in [-0.3, -0.25) is 9.69 Å². The van der Waals surface area contributed by atoms with Crippen LogP contribution in [0.3, 0.4) is 0 Å². The lowest BCUT2D eigenvalue weighted by Crippen LogP contribution is -2.50. The van der Waals surface area contributed by atoms with Crippen molar-refractivity contribution in [1.29, 1.82) is 0 Å². The summed E-state index contributed by atoms with van der Waals surface area (Å²) in [5.74, 6) is -0.299. The molecule has 3 N–H and O–H groups in total. The van der Waals surface area contributed by atoms with E-state index in [1.165, 1.54) is 6.07 Å². The molecule has 1 aliphatic rings. The molecule has 4 rings (SSSR count). The van der Waals surface area contributed by atoms with Gasteiger partial charge in [0.25, 0.3) is 5.88 Å². The van der Waals surface area contributed by atoms with Gasteiger partial charge in [0.1, 0.15) is 12.0 Å². The molecule has 1 aliphatic heterocycles. The largest absolute Gasteiger partial charge is 0.491 e. The predicted octanol–water partition coefficient (Wildman–Crippen LogP) is 4.21. The van der Waals surface area contributed by atoms with E-state index >= 15 is 0 Å². The topological polar surface area (TPSA) is 112 Å². The molecule has 0 spiro atoms. The Hall–Kier alpha value is -2.75. The summed E-state index contributed by atoms with van der Waals surface area (Å²) in [6.07, 6.45) is 0.563. The molecule has 3 heterocycles. The van der Waals surface area contributed by atoms with Crippen LogP contribution in [-0.2, 0) is 4.79 Å². The van der Waals surface area contributed by atoms with Gasteiger partial charge in [-0.25, -0.2) is 4.98 Å². The third-order valence-electron chi connectivity index (χ3n) is 6.60. The molecule has 0 radical (unpaired) electrons. The van der Waals surface area contributed by atoms with E-state index < -0.39 is 18.2 Å². The van der Waals surface area contributed by atoms with Crippen LogP contribution < -0.4 is 5.32 Å². The van der Waals surface area contributed by atoms with Crippen molar-refractivity contribution >= 4 is 17.2 Å². The van der Waals surface area contributed by atoms with Crippen molar-refractivity contribution < 1.29 is 19.5 Å². The first-order chi connectivity index (χ1) is 16.3. The minimum atomic E-state index is -0.928. The van der Waals surface area contributed by atoms with Crippen LogP contribution in [0, 0.1) is 12.8 Å². The summed E-state index contributed by atoms with van der Waals surface area (Å²) >= 11 is 1.62. The molecule has 3 aromatic rings. The molecule has 1 fully saturated rings. The van der Waals surface area contributed by atoms with Crippen LogP contribution >= 0.6 is 11.3 Å². The molecule has 0 bridgehead atoms. The monoisotopic (exact) mass is 484 g/mol. The first-order valence-corrected chi connectivity index (χ1v) is 12.5. The number of hydrogen-bond donors (Lipinski definition) is 3. The SMILES string of the molecule is Cc1ncsc1-c1ccc([C@H](C)NC(=O)[C@@H]2CCCN2C(O)C(c2cc(O)no2)C(C)C)cc1. The first kappa shape index (κ1) is 24.4. The Bertz CT molecular complexity index is 1110. The average molecular weight is 485 g/mol. The van der Waals surface area contributed by atoms with Crippen molar-refractivity contribution in [3.05, 3.63) is 52.9 Å². The van der Waals surface area contributed by atoms with Gasteiger partial charge in [0.2, 0.25) is 5.91 Å². The number of rotatable bonds is 8. The summed E-state index contributed by atoms with van der Waals surface area (Å²) in [6.45, 7) is 8.52. The zero-order chi connectivity index (χ0) is 24.4. The van der Waals surface area contributed by atoms with Crippen LogP contribution in [0.25, 0.3) is 10.4 Å². The first-order valence-electron chi connectivity index (χ1n) is 11.7. The number of aliphatic hydroxyl groups excluding tert-OH is 1. The maximum Gasteiger partial charge on any atom is 0.251 e. The minimum Gasteiger partial charge on any atom is -0.491 e. The Morgan fingerprint density at radius 1 is 1.26 bits per heavy atom. The fraction of sp³-hybridized carbons (Fsp3) is 0.480. The molecule has 4 atom stereocenters. The molecular weight excluding hydrogens is 452 g/mol. The van der Waals surface area contributed by atoms with Gasteiger partial charge in [-0.05, 0) is 48.9 Å². The second kappa shape index (κ2) is 10.2. The number of benzene rings is 1. The highest BCUT2D eigenvalue weighted by Gasteiger charge is 2.41. The molecule has 1 amide bonds. The summed E-state index contributed by atoms with van der Waals surface area (Å²) < 4.78 is 5.24. The van der Waals surface area contributed by atoms with Gasteiger partial charge in [0, 0.05) is 12.6 Å². The van der Waals surface area contributed by atoms with Crippen molar-refractivity contribution in [2.75, 3.05) is 6.54 Å². The van der Waals surface area contributed by atoms with Crippen LogP contribution in [0.5, 0.6) is 5.88 Å². The Labute approximate surface area is 203 Å². The lowest BCUT2D eigenvalue weighted by Gasteiger charge is -2.35. The summed E-state index contributed by atoms with van der Waals surface area (Å²) in [5.41, 5.74) is 4.99. The van der Waals surface area contributed by atoms with E-state index in [0.717, 1.165) is 28.1 Å². The van der Waals surface area contributed by atoms with Gasteiger partial charge >= 0.3 is 0 Å². The lowest BCUT2D eigenvalue weighted by atomic mass is 9.90. The van der Waals surface area contributed by atoms with E-state index in [9.17, 15) is 15.0 Å². The molecule has 9 heteroatoms. The highest BCUT2D eigenvalue weighted by Crippen LogP contribution is 2.35. The number of carbonyl (C=O) groups excluding carboxylic acids is 1. The van der Waals surface area contributed by atoms with E-state index in [4.69, 9.17) is 4.52 Å². The maximum absolute atomic E-state index is 13.2.